The Morgan fingerprint density at radius 2 is 1.15 bits per heavy atom. The van der Waals surface area contributed by atoms with E-state index in [4.69, 9.17) is 111 Å². The molecule has 3 heterocycles. The predicted molar refractivity (Wildman–Crippen MR) is 237 cm³/mol. The highest BCUT2D eigenvalue weighted by atomic mass is 35.6. The summed E-state index contributed by atoms with van der Waals surface area (Å²) in [5.74, 6) is -7.86. The molecule has 0 bridgehead atoms. The van der Waals surface area contributed by atoms with Gasteiger partial charge in [0, 0.05) is 13.8 Å². The molecule has 0 unspecified atom stereocenters. The molecule has 0 saturated carbocycles. The zero-order chi connectivity index (χ0) is 48.4. The maximum Gasteiger partial charge on any atom is 0.321 e. The third-order valence-electron chi connectivity index (χ3n) is 10.3. The van der Waals surface area contributed by atoms with Crippen molar-refractivity contribution in [1.29, 1.82) is 5.41 Å². The fourth-order valence-corrected chi connectivity index (χ4v) is 7.74. The van der Waals surface area contributed by atoms with Crippen molar-refractivity contribution >= 4 is 99.6 Å². The van der Waals surface area contributed by atoms with Gasteiger partial charge < -0.3 is 47.4 Å². The summed E-state index contributed by atoms with van der Waals surface area (Å²) in [6, 6.07) is 22.0. The summed E-state index contributed by atoms with van der Waals surface area (Å²) >= 11 is 30.0. The van der Waals surface area contributed by atoms with E-state index in [1.54, 1.807) is 66.7 Å². The number of amides is 2. The second-order valence-corrected chi connectivity index (χ2v) is 17.8. The molecule has 3 aromatic carbocycles. The van der Waals surface area contributed by atoms with E-state index >= 15 is 0 Å². The Hall–Kier alpha value is -4.60. The summed E-state index contributed by atoms with van der Waals surface area (Å²) in [6.07, 6.45) is -15.1. The largest absolute Gasteiger partial charge is 0.463 e. The summed E-state index contributed by atoms with van der Waals surface area (Å²) in [6.45, 7) is 0.865. The number of nitrogens with zero attached hydrogens (tertiary/aromatic N) is 1. The van der Waals surface area contributed by atoms with Gasteiger partial charge >= 0.3 is 23.9 Å². The minimum atomic E-state index is -2.48. The molecule has 1 N–H and O–H groups in total. The van der Waals surface area contributed by atoms with E-state index in [1.807, 2.05) is 6.07 Å². The van der Waals surface area contributed by atoms with Gasteiger partial charge in [-0.2, -0.15) is 0 Å². The van der Waals surface area contributed by atoms with Crippen LogP contribution in [0.25, 0.3) is 0 Å². The first-order valence-electron chi connectivity index (χ1n) is 20.3. The van der Waals surface area contributed by atoms with Gasteiger partial charge in [-0.1, -0.05) is 108 Å². The van der Waals surface area contributed by atoms with Gasteiger partial charge in [0.25, 0.3) is 15.6 Å². The number of alkyl halides is 5. The van der Waals surface area contributed by atoms with Crippen LogP contribution in [-0.4, -0.2) is 137 Å². The normalized spacial score (nSPS) is 26.0. The van der Waals surface area contributed by atoms with Crippen molar-refractivity contribution in [3.63, 3.8) is 0 Å². The van der Waals surface area contributed by atoms with E-state index in [-0.39, 0.29) is 30.9 Å². The van der Waals surface area contributed by atoms with Crippen LogP contribution in [0.2, 0.25) is 0 Å². The van der Waals surface area contributed by atoms with E-state index in [0.717, 1.165) is 24.3 Å². The third-order valence-corrected chi connectivity index (χ3v) is 11.2. The van der Waals surface area contributed by atoms with E-state index in [0.29, 0.717) is 5.56 Å². The Bertz CT molecular complexity index is 2220. The Morgan fingerprint density at radius 3 is 1.69 bits per heavy atom. The molecule has 0 spiro atoms. The van der Waals surface area contributed by atoms with E-state index in [1.165, 1.54) is 12.1 Å². The number of hydrogen-bond donors (Lipinski definition) is 1. The Kier molecular flexibility index (Phi) is 18.2. The number of hydrogen-bond acceptors (Lipinski definition) is 17. The average Bonchev–Trinajstić information content (AvgIpc) is 3.55. The molecule has 67 heavy (non-hydrogen) atoms. The molecule has 0 aromatic heterocycles. The van der Waals surface area contributed by atoms with Gasteiger partial charge in [-0.05, 0) is 23.3 Å². The molecular weight excluding hydrogens is 990 g/mol. The lowest BCUT2D eigenvalue weighted by Crippen LogP contribution is -2.69. The first-order chi connectivity index (χ1) is 32.0. The van der Waals surface area contributed by atoms with Crippen molar-refractivity contribution in [2.24, 2.45) is 0 Å². The topological polar surface area (TPSA) is 222 Å². The molecule has 2 fully saturated rings. The Balaban J connectivity index is 1.52. The lowest BCUT2D eigenvalue weighted by molar-refractivity contribution is -0.352. The number of esters is 4. The van der Waals surface area contributed by atoms with Crippen molar-refractivity contribution in [1.82, 2.24) is 4.90 Å². The summed E-state index contributed by atoms with van der Waals surface area (Å²) in [7, 11) is 0. The van der Waals surface area contributed by atoms with Gasteiger partial charge in [0.05, 0.1) is 30.9 Å². The Labute approximate surface area is 408 Å². The van der Waals surface area contributed by atoms with Gasteiger partial charge in [0.2, 0.25) is 12.2 Å². The van der Waals surface area contributed by atoms with Crippen molar-refractivity contribution in [3.8, 4) is 0 Å². The zero-order valence-electron chi connectivity index (χ0n) is 35.5. The summed E-state index contributed by atoms with van der Waals surface area (Å²) in [5, 5.41) is 8.61. The monoisotopic (exact) mass is 1030 g/mol. The molecule has 3 aliphatic heterocycles. The van der Waals surface area contributed by atoms with Crippen molar-refractivity contribution in [2.45, 2.75) is 92.2 Å². The molecule has 10 atom stereocenters. The first-order valence-corrected chi connectivity index (χ1v) is 22.5. The molecule has 2 saturated heterocycles. The predicted octanol–water partition coefficient (Wildman–Crippen LogP) is 5.45. The van der Waals surface area contributed by atoms with Crippen molar-refractivity contribution in [3.05, 3.63) is 107 Å². The minimum absolute atomic E-state index is 0.00478. The lowest BCUT2D eigenvalue weighted by Gasteiger charge is -2.50. The first kappa shape index (κ1) is 51.8. The van der Waals surface area contributed by atoms with E-state index in [2.05, 4.69) is 0 Å². The molecule has 0 aliphatic carbocycles. The molecule has 3 aromatic rings. The molecular formula is C44H43Cl5N2O16. The third kappa shape index (κ3) is 13.1. The summed E-state index contributed by atoms with van der Waals surface area (Å²) in [4.78, 5) is 80.5. The number of carbonyl (C=O) groups excluding carboxylic acids is 6. The van der Waals surface area contributed by atoms with Crippen LogP contribution >= 0.6 is 58.0 Å². The number of fused-ring (bicyclic) bond motifs is 1. The van der Waals surface area contributed by atoms with Crippen LogP contribution in [0.3, 0.4) is 0 Å². The van der Waals surface area contributed by atoms with Crippen LogP contribution in [0, 0.1) is 5.41 Å². The van der Waals surface area contributed by atoms with Gasteiger partial charge in [-0.15, -0.1) is 23.2 Å². The number of halogens is 5. The highest BCUT2D eigenvalue weighted by Crippen LogP contribution is 2.40. The molecule has 0 radical (unpaired) electrons. The standard InChI is InChI=1S/C44H43Cl5N2O16/c1-23(52)59-22-30-35(64-31(54)17-45)37(65-32(55)18-46)38(61-24(2)53)42(63-30)66-34-29(21-58-19-25-11-5-3-6-12-25)62-41(67-43(50)44(47,48)49)33(36(34)60-20-26-13-7-4-8-14-26)51-39(56)27-15-9-10-16-28(27)40(51)57/h3-16,29-30,33-38,41-42,50H,17-22H2,1-2H3/t29-,30-,33-,34-,35+,36-,37+,38-,41+,42+/m1/s1. The molecule has 2 amide bonds. The zero-order valence-corrected chi connectivity index (χ0v) is 39.2. The van der Waals surface area contributed by atoms with Gasteiger partial charge in [0.15, 0.2) is 24.6 Å². The number of rotatable bonds is 18. The number of ether oxygens (including phenoxy) is 10. The van der Waals surface area contributed by atoms with Crippen LogP contribution in [0.1, 0.15) is 45.7 Å². The average molecular weight is 1030 g/mol. The quantitative estimate of drug-likeness (QED) is 0.0418. The fraction of sp³-hybridized carbons (Fsp3) is 0.432. The van der Waals surface area contributed by atoms with Crippen LogP contribution in [0.4, 0.5) is 0 Å². The van der Waals surface area contributed by atoms with Gasteiger partial charge in [-0.25, -0.2) is 0 Å². The number of carbonyl (C=O) groups is 6. The minimum Gasteiger partial charge on any atom is -0.463 e. The van der Waals surface area contributed by atoms with Crippen LogP contribution < -0.4 is 0 Å². The number of nitrogens with one attached hydrogen (secondary N) is 1. The van der Waals surface area contributed by atoms with Crippen LogP contribution in [0.5, 0.6) is 0 Å². The maximum atomic E-state index is 14.4. The number of benzene rings is 3. The highest BCUT2D eigenvalue weighted by molar-refractivity contribution is 6.76. The second kappa shape index (κ2) is 23.6. The molecule has 6 rings (SSSR count). The number of imide groups is 1. The summed E-state index contributed by atoms with van der Waals surface area (Å²) in [5.41, 5.74) is 1.36. The Morgan fingerprint density at radius 1 is 0.627 bits per heavy atom. The fourth-order valence-electron chi connectivity index (χ4n) is 7.48. The molecule has 23 heteroatoms. The maximum absolute atomic E-state index is 14.4. The molecule has 18 nitrogen and oxygen atoms in total. The highest BCUT2D eigenvalue weighted by Gasteiger charge is 2.60. The van der Waals surface area contributed by atoms with Crippen LogP contribution in [-0.2, 0) is 79.8 Å². The van der Waals surface area contributed by atoms with Gasteiger partial charge in [0.1, 0.15) is 48.8 Å². The SMILES string of the molecule is CC(=O)OC[C@H]1O[C@@H](O[C@H]2[C@H](OCc3ccccc3)[C@@H](N3C(=O)c4ccccc4C3=O)[C@H](OC(=N)C(Cl)(Cl)Cl)O[C@@H]2COCc2ccccc2)[C@H](OC(C)=O)[C@@H](OC(=O)CCl)[C@H]1OC(=O)CCl. The second-order valence-electron chi connectivity index (χ2n) is 15.0. The lowest BCUT2D eigenvalue weighted by atomic mass is 9.93. The van der Waals surface area contributed by atoms with E-state index < -0.39 is 125 Å². The van der Waals surface area contributed by atoms with Crippen LogP contribution in [0.15, 0.2) is 84.9 Å². The molecule has 360 valence electrons. The van der Waals surface area contributed by atoms with Gasteiger partial charge in [-0.3, -0.25) is 39.1 Å². The van der Waals surface area contributed by atoms with Crippen molar-refractivity contribution in [2.75, 3.05) is 25.0 Å². The molecule has 3 aliphatic rings. The van der Waals surface area contributed by atoms with E-state index in [9.17, 15) is 28.8 Å². The summed E-state index contributed by atoms with van der Waals surface area (Å²) < 4.78 is 58.1. The smallest absolute Gasteiger partial charge is 0.321 e. The van der Waals surface area contributed by atoms with Crippen molar-refractivity contribution < 1.29 is 76.1 Å².